The van der Waals surface area contributed by atoms with Crippen LogP contribution >= 0.6 is 0 Å². The Bertz CT molecular complexity index is 968. The van der Waals surface area contributed by atoms with Crippen LogP contribution in [0, 0.1) is 5.82 Å². The van der Waals surface area contributed by atoms with Gasteiger partial charge in [0.25, 0.3) is 0 Å². The number of nitrogens with two attached hydrogens (primary N) is 1. The molecule has 1 aromatic heterocycles. The van der Waals surface area contributed by atoms with E-state index in [1.54, 1.807) is 30.3 Å². The molecular formula is C25H28FN3O3. The molecule has 4 rings (SSSR count). The third-order valence-electron chi connectivity index (χ3n) is 5.10. The largest absolute Gasteiger partial charge is 0.478 e. The number of nitrogens with zero attached hydrogens (tertiary/aromatic N) is 2. The zero-order chi connectivity index (χ0) is 22.8. The van der Waals surface area contributed by atoms with Gasteiger partial charge in [-0.15, -0.1) is 0 Å². The molecule has 0 radical (unpaired) electrons. The monoisotopic (exact) mass is 437 g/mol. The summed E-state index contributed by atoms with van der Waals surface area (Å²) < 4.78 is 18.5. The second-order valence-corrected chi connectivity index (χ2v) is 7.51. The fourth-order valence-electron chi connectivity index (χ4n) is 3.39. The minimum atomic E-state index is -1.01. The van der Waals surface area contributed by atoms with Crippen LogP contribution in [0.4, 0.5) is 4.39 Å². The molecule has 0 amide bonds. The topological polar surface area (TPSA) is 88.7 Å². The van der Waals surface area contributed by atoms with Gasteiger partial charge in [0.15, 0.2) is 0 Å². The molecule has 0 aliphatic carbocycles. The Morgan fingerprint density at radius 3 is 2.12 bits per heavy atom. The van der Waals surface area contributed by atoms with E-state index in [0.29, 0.717) is 17.2 Å². The summed E-state index contributed by atoms with van der Waals surface area (Å²) in [4.78, 5) is 17.4. The van der Waals surface area contributed by atoms with Crippen molar-refractivity contribution in [3.8, 4) is 22.8 Å². The molecule has 168 valence electrons. The summed E-state index contributed by atoms with van der Waals surface area (Å²) in [5.74, 6) is -0.165. The zero-order valence-corrected chi connectivity index (χ0v) is 17.9. The number of aromatic carboxylic acids is 1. The van der Waals surface area contributed by atoms with E-state index in [2.05, 4.69) is 9.88 Å². The Hall–Kier alpha value is -3.29. The van der Waals surface area contributed by atoms with Crippen molar-refractivity contribution in [1.29, 1.82) is 0 Å². The minimum Gasteiger partial charge on any atom is -0.478 e. The summed E-state index contributed by atoms with van der Waals surface area (Å²) in [5.41, 5.74) is 7.07. The fourth-order valence-corrected chi connectivity index (χ4v) is 3.39. The normalized spacial score (nSPS) is 13.7. The predicted molar refractivity (Wildman–Crippen MR) is 122 cm³/mol. The van der Waals surface area contributed by atoms with Crippen LogP contribution < -0.4 is 10.5 Å². The number of piperidine rings is 1. The van der Waals surface area contributed by atoms with Gasteiger partial charge in [0.1, 0.15) is 17.3 Å². The Labute approximate surface area is 187 Å². The van der Waals surface area contributed by atoms with Gasteiger partial charge in [-0.05, 0) is 86.6 Å². The third-order valence-corrected chi connectivity index (χ3v) is 5.10. The number of hydrogen-bond acceptors (Lipinski definition) is 5. The van der Waals surface area contributed by atoms with Crippen molar-refractivity contribution >= 4 is 5.97 Å². The second-order valence-electron chi connectivity index (χ2n) is 7.51. The minimum absolute atomic E-state index is 0.144. The molecule has 0 bridgehead atoms. The highest BCUT2D eigenvalue weighted by atomic mass is 19.1. The zero-order valence-electron chi connectivity index (χ0n) is 17.9. The molecule has 1 saturated heterocycles. The summed E-state index contributed by atoms with van der Waals surface area (Å²) in [5, 5.41) is 8.86. The first-order valence-corrected chi connectivity index (χ1v) is 10.7. The number of carboxylic acids is 1. The lowest BCUT2D eigenvalue weighted by molar-refractivity contribution is 0.0696. The van der Waals surface area contributed by atoms with Gasteiger partial charge >= 0.3 is 5.97 Å². The quantitative estimate of drug-likeness (QED) is 0.575. The maximum atomic E-state index is 12.8. The highest BCUT2D eigenvalue weighted by Gasteiger charge is 2.07. The average Bonchev–Trinajstić information content (AvgIpc) is 2.82. The summed E-state index contributed by atoms with van der Waals surface area (Å²) in [7, 11) is 0. The number of ether oxygens (including phenoxy) is 1. The highest BCUT2D eigenvalue weighted by molar-refractivity contribution is 5.87. The maximum absolute atomic E-state index is 12.8. The van der Waals surface area contributed by atoms with Crippen molar-refractivity contribution in [3.63, 3.8) is 0 Å². The van der Waals surface area contributed by atoms with Gasteiger partial charge in [0.2, 0.25) is 0 Å². The second kappa shape index (κ2) is 11.9. The molecule has 0 atom stereocenters. The van der Waals surface area contributed by atoms with Crippen LogP contribution in [0.25, 0.3) is 11.3 Å². The third kappa shape index (κ3) is 7.14. The average molecular weight is 438 g/mol. The molecule has 1 aliphatic rings. The Balaban J connectivity index is 0.000000269. The standard InChI is InChI=1S/C18H12FNO3.C7H16N2/c19-14-4-8-16(9-5-14)23-15-6-1-12(2-7-15)17-10-3-13(11-20-17)18(21)22;8-4-7-9-5-2-1-3-6-9/h1-11H,(H,21,22);1-8H2. The van der Waals surface area contributed by atoms with Crippen molar-refractivity contribution < 1.29 is 19.0 Å². The summed E-state index contributed by atoms with van der Waals surface area (Å²) >= 11 is 0. The molecule has 0 saturated carbocycles. The van der Waals surface area contributed by atoms with Gasteiger partial charge in [-0.25, -0.2) is 9.18 Å². The summed E-state index contributed by atoms with van der Waals surface area (Å²) in [6.45, 7) is 4.47. The van der Waals surface area contributed by atoms with Crippen LogP contribution in [0.1, 0.15) is 29.6 Å². The van der Waals surface area contributed by atoms with E-state index in [0.717, 1.165) is 18.7 Å². The molecule has 2 aromatic carbocycles. The van der Waals surface area contributed by atoms with E-state index in [-0.39, 0.29) is 11.4 Å². The van der Waals surface area contributed by atoms with E-state index >= 15 is 0 Å². The Kier molecular flexibility index (Phi) is 8.71. The van der Waals surface area contributed by atoms with Crippen molar-refractivity contribution in [3.05, 3.63) is 78.2 Å². The molecule has 32 heavy (non-hydrogen) atoms. The van der Waals surface area contributed by atoms with Gasteiger partial charge in [-0.3, -0.25) is 4.98 Å². The first kappa shape index (κ1) is 23.4. The van der Waals surface area contributed by atoms with Gasteiger partial charge < -0.3 is 20.5 Å². The Morgan fingerprint density at radius 2 is 1.59 bits per heavy atom. The molecule has 1 fully saturated rings. The van der Waals surface area contributed by atoms with Crippen molar-refractivity contribution in [2.75, 3.05) is 26.2 Å². The number of carbonyl (C=O) groups is 1. The van der Waals surface area contributed by atoms with E-state index in [9.17, 15) is 9.18 Å². The van der Waals surface area contributed by atoms with Gasteiger partial charge in [-0.1, -0.05) is 6.42 Å². The van der Waals surface area contributed by atoms with E-state index < -0.39 is 5.97 Å². The lowest BCUT2D eigenvalue weighted by Crippen LogP contribution is -2.33. The summed E-state index contributed by atoms with van der Waals surface area (Å²) in [6.07, 6.45) is 5.49. The van der Waals surface area contributed by atoms with Crippen LogP contribution in [0.5, 0.6) is 11.5 Å². The number of aromatic nitrogens is 1. The van der Waals surface area contributed by atoms with Crippen LogP contribution in [0.3, 0.4) is 0 Å². The Morgan fingerprint density at radius 1 is 0.969 bits per heavy atom. The summed E-state index contributed by atoms with van der Waals surface area (Å²) in [6, 6.07) is 16.1. The lowest BCUT2D eigenvalue weighted by atomic mass is 10.1. The molecule has 0 spiro atoms. The number of rotatable bonds is 6. The maximum Gasteiger partial charge on any atom is 0.337 e. The van der Waals surface area contributed by atoms with E-state index in [4.69, 9.17) is 15.6 Å². The number of benzene rings is 2. The number of halogens is 1. The molecule has 2 heterocycles. The SMILES string of the molecule is NCCN1CCCCC1.O=C(O)c1ccc(-c2ccc(Oc3ccc(F)cc3)cc2)nc1. The van der Waals surface area contributed by atoms with E-state index in [1.807, 2.05) is 12.1 Å². The molecule has 1 aliphatic heterocycles. The van der Waals surface area contributed by atoms with Crippen LogP contribution in [0.15, 0.2) is 66.9 Å². The van der Waals surface area contributed by atoms with E-state index in [1.165, 1.54) is 56.7 Å². The fraction of sp³-hybridized carbons (Fsp3) is 0.280. The van der Waals surface area contributed by atoms with Gasteiger partial charge in [-0.2, -0.15) is 0 Å². The number of pyridine rings is 1. The highest BCUT2D eigenvalue weighted by Crippen LogP contribution is 2.25. The number of likely N-dealkylation sites (tertiary alicyclic amines) is 1. The molecule has 0 unspecified atom stereocenters. The smallest absolute Gasteiger partial charge is 0.337 e. The van der Waals surface area contributed by atoms with Gasteiger partial charge in [0, 0.05) is 24.8 Å². The first-order chi connectivity index (χ1) is 15.5. The van der Waals surface area contributed by atoms with Crippen molar-refractivity contribution in [1.82, 2.24) is 9.88 Å². The molecule has 3 aromatic rings. The van der Waals surface area contributed by atoms with Crippen molar-refractivity contribution in [2.24, 2.45) is 5.73 Å². The van der Waals surface area contributed by atoms with Crippen LogP contribution in [-0.2, 0) is 0 Å². The first-order valence-electron chi connectivity index (χ1n) is 10.7. The number of hydrogen-bond donors (Lipinski definition) is 2. The molecule has 3 N–H and O–H groups in total. The van der Waals surface area contributed by atoms with Crippen molar-refractivity contribution in [2.45, 2.75) is 19.3 Å². The van der Waals surface area contributed by atoms with Gasteiger partial charge in [0.05, 0.1) is 11.3 Å². The molecular weight excluding hydrogens is 409 g/mol. The lowest BCUT2D eigenvalue weighted by Gasteiger charge is -2.25. The molecule has 7 heteroatoms. The van der Waals surface area contributed by atoms with Crippen LogP contribution in [-0.4, -0.2) is 47.1 Å². The number of carboxylic acid groups (broad SMARTS) is 1. The van der Waals surface area contributed by atoms with Crippen LogP contribution in [0.2, 0.25) is 0 Å². The predicted octanol–water partition coefficient (Wildman–Crippen LogP) is 4.81. The molecule has 6 nitrogen and oxygen atoms in total.